The Morgan fingerprint density at radius 2 is 1.89 bits per heavy atom. The number of aromatic nitrogens is 2. The van der Waals surface area contributed by atoms with Gasteiger partial charge in [-0.25, -0.2) is 4.98 Å². The first-order chi connectivity index (χ1) is 8.52. The van der Waals surface area contributed by atoms with E-state index in [1.165, 1.54) is 12.1 Å². The Labute approximate surface area is 102 Å². The number of aromatic amines is 1. The molecule has 0 bridgehead atoms. The standard InChI is InChI=1S/C12H12F3N3/c1-16-10(11-17-6-7-18-11)8-2-4-9(5-3-8)12(13,14)15/h2-7,10,16H,1H3,(H,17,18). The molecule has 0 fully saturated rings. The molecule has 2 N–H and O–H groups in total. The van der Waals surface area contributed by atoms with E-state index in [0.717, 1.165) is 17.7 Å². The van der Waals surface area contributed by atoms with E-state index >= 15 is 0 Å². The SMILES string of the molecule is CNC(c1ccc(C(F)(F)F)cc1)c1ncc[nH]1. The molecule has 0 spiro atoms. The first-order valence-corrected chi connectivity index (χ1v) is 5.36. The lowest BCUT2D eigenvalue weighted by Crippen LogP contribution is -2.19. The number of hydrogen-bond acceptors (Lipinski definition) is 2. The molecule has 0 amide bonds. The van der Waals surface area contributed by atoms with Crippen LogP contribution in [0.2, 0.25) is 0 Å². The lowest BCUT2D eigenvalue weighted by molar-refractivity contribution is -0.137. The molecule has 1 atom stereocenters. The summed E-state index contributed by atoms with van der Waals surface area (Å²) in [5.74, 6) is 0.664. The van der Waals surface area contributed by atoms with Crippen LogP contribution >= 0.6 is 0 Å². The second kappa shape index (κ2) is 4.81. The van der Waals surface area contributed by atoms with Gasteiger partial charge < -0.3 is 10.3 Å². The smallest absolute Gasteiger partial charge is 0.347 e. The molecule has 0 saturated heterocycles. The molecule has 3 nitrogen and oxygen atoms in total. The Hall–Kier alpha value is -1.82. The van der Waals surface area contributed by atoms with Gasteiger partial charge in [-0.05, 0) is 24.7 Å². The van der Waals surface area contributed by atoms with Crippen LogP contribution in [0.25, 0.3) is 0 Å². The number of hydrogen-bond donors (Lipinski definition) is 2. The minimum absolute atomic E-state index is 0.248. The first-order valence-electron chi connectivity index (χ1n) is 5.36. The third-order valence-corrected chi connectivity index (χ3v) is 2.65. The van der Waals surface area contributed by atoms with Crippen molar-refractivity contribution < 1.29 is 13.2 Å². The van der Waals surface area contributed by atoms with Crippen LogP contribution in [0.1, 0.15) is 23.0 Å². The largest absolute Gasteiger partial charge is 0.416 e. The van der Waals surface area contributed by atoms with Crippen LogP contribution < -0.4 is 5.32 Å². The number of benzene rings is 1. The van der Waals surface area contributed by atoms with E-state index in [9.17, 15) is 13.2 Å². The number of H-pyrrole nitrogens is 1. The van der Waals surface area contributed by atoms with E-state index in [2.05, 4.69) is 15.3 Å². The Bertz CT molecular complexity index is 488. The van der Waals surface area contributed by atoms with Gasteiger partial charge in [0.1, 0.15) is 5.82 Å². The molecule has 1 heterocycles. The highest BCUT2D eigenvalue weighted by atomic mass is 19.4. The number of alkyl halides is 3. The molecule has 2 rings (SSSR count). The van der Waals surface area contributed by atoms with E-state index in [0.29, 0.717) is 5.82 Å². The fourth-order valence-electron chi connectivity index (χ4n) is 1.76. The highest BCUT2D eigenvalue weighted by Gasteiger charge is 2.30. The Morgan fingerprint density at radius 1 is 1.22 bits per heavy atom. The monoisotopic (exact) mass is 255 g/mol. The molecule has 2 aromatic rings. The van der Waals surface area contributed by atoms with Crippen molar-refractivity contribution in [2.75, 3.05) is 7.05 Å². The second-order valence-corrected chi connectivity index (χ2v) is 3.82. The topological polar surface area (TPSA) is 40.7 Å². The van der Waals surface area contributed by atoms with Crippen molar-refractivity contribution in [3.63, 3.8) is 0 Å². The fourth-order valence-corrected chi connectivity index (χ4v) is 1.76. The van der Waals surface area contributed by atoms with Gasteiger partial charge in [-0.2, -0.15) is 13.2 Å². The highest BCUT2D eigenvalue weighted by Crippen LogP contribution is 2.30. The van der Waals surface area contributed by atoms with Crippen molar-refractivity contribution >= 4 is 0 Å². The molecule has 1 unspecified atom stereocenters. The molecule has 96 valence electrons. The molecule has 1 aromatic carbocycles. The first kappa shape index (κ1) is 12.6. The molecule has 18 heavy (non-hydrogen) atoms. The maximum Gasteiger partial charge on any atom is 0.416 e. The zero-order valence-electron chi connectivity index (χ0n) is 9.62. The summed E-state index contributed by atoms with van der Waals surface area (Å²) >= 11 is 0. The van der Waals surface area contributed by atoms with Gasteiger partial charge in [-0.15, -0.1) is 0 Å². The van der Waals surface area contributed by atoms with E-state index < -0.39 is 11.7 Å². The van der Waals surface area contributed by atoms with Crippen molar-refractivity contribution in [1.82, 2.24) is 15.3 Å². The average molecular weight is 255 g/mol. The van der Waals surface area contributed by atoms with Gasteiger partial charge in [0.15, 0.2) is 0 Å². The second-order valence-electron chi connectivity index (χ2n) is 3.82. The molecule has 0 aliphatic rings. The lowest BCUT2D eigenvalue weighted by atomic mass is 10.0. The quantitative estimate of drug-likeness (QED) is 0.885. The number of nitrogens with zero attached hydrogens (tertiary/aromatic N) is 1. The molecule has 0 aliphatic heterocycles. The third kappa shape index (κ3) is 2.53. The van der Waals surface area contributed by atoms with Gasteiger partial charge >= 0.3 is 6.18 Å². The summed E-state index contributed by atoms with van der Waals surface area (Å²) in [7, 11) is 1.73. The molecular formula is C12H12F3N3. The average Bonchev–Trinajstić information content (AvgIpc) is 2.83. The summed E-state index contributed by atoms with van der Waals surface area (Å²) in [4.78, 5) is 7.03. The Morgan fingerprint density at radius 3 is 2.33 bits per heavy atom. The van der Waals surface area contributed by atoms with Gasteiger partial charge in [0.25, 0.3) is 0 Å². The molecule has 0 aliphatic carbocycles. The van der Waals surface area contributed by atoms with Crippen molar-refractivity contribution in [2.45, 2.75) is 12.2 Å². The summed E-state index contributed by atoms with van der Waals surface area (Å²) in [5, 5.41) is 3.00. The van der Waals surface area contributed by atoms with Crippen LogP contribution in [0.5, 0.6) is 0 Å². The Kier molecular flexibility index (Phi) is 3.38. The molecule has 0 saturated carbocycles. The van der Waals surface area contributed by atoms with Crippen LogP contribution in [0, 0.1) is 0 Å². The van der Waals surface area contributed by atoms with Crippen molar-refractivity contribution in [3.8, 4) is 0 Å². The summed E-state index contributed by atoms with van der Waals surface area (Å²) in [6, 6.07) is 4.80. The zero-order chi connectivity index (χ0) is 13.2. The van der Waals surface area contributed by atoms with Gasteiger partial charge in [-0.3, -0.25) is 0 Å². The van der Waals surface area contributed by atoms with Crippen molar-refractivity contribution in [1.29, 1.82) is 0 Å². The van der Waals surface area contributed by atoms with Crippen molar-refractivity contribution in [2.24, 2.45) is 0 Å². The third-order valence-electron chi connectivity index (χ3n) is 2.65. The van der Waals surface area contributed by atoms with Crippen molar-refractivity contribution in [3.05, 3.63) is 53.6 Å². The zero-order valence-corrected chi connectivity index (χ0v) is 9.62. The molecule has 1 aromatic heterocycles. The lowest BCUT2D eigenvalue weighted by Gasteiger charge is -2.15. The van der Waals surface area contributed by atoms with Crippen LogP contribution in [0.3, 0.4) is 0 Å². The number of imidazole rings is 1. The molecule has 0 radical (unpaired) electrons. The normalized spacial score (nSPS) is 13.6. The summed E-state index contributed by atoms with van der Waals surface area (Å²) in [6.45, 7) is 0. The molecular weight excluding hydrogens is 243 g/mol. The van der Waals surface area contributed by atoms with Crippen LogP contribution in [0.4, 0.5) is 13.2 Å². The summed E-state index contributed by atoms with van der Waals surface area (Å²) in [5.41, 5.74) is 0.0704. The predicted molar refractivity (Wildman–Crippen MR) is 60.9 cm³/mol. The summed E-state index contributed by atoms with van der Waals surface area (Å²) < 4.78 is 37.3. The number of nitrogens with one attached hydrogen (secondary N) is 2. The van der Waals surface area contributed by atoms with E-state index in [1.54, 1.807) is 19.4 Å². The van der Waals surface area contributed by atoms with Gasteiger partial charge in [-0.1, -0.05) is 12.1 Å². The predicted octanol–water partition coefficient (Wildman–Crippen LogP) is 2.74. The Balaban J connectivity index is 2.28. The molecule has 6 heteroatoms. The maximum atomic E-state index is 12.4. The van der Waals surface area contributed by atoms with Crippen LogP contribution in [0.15, 0.2) is 36.7 Å². The minimum atomic E-state index is -4.31. The van der Waals surface area contributed by atoms with Crippen LogP contribution in [-0.2, 0) is 6.18 Å². The van der Waals surface area contributed by atoms with Gasteiger partial charge in [0, 0.05) is 12.4 Å². The van der Waals surface area contributed by atoms with E-state index in [4.69, 9.17) is 0 Å². The number of halogens is 3. The van der Waals surface area contributed by atoms with E-state index in [-0.39, 0.29) is 6.04 Å². The maximum absolute atomic E-state index is 12.4. The van der Waals surface area contributed by atoms with Crippen LogP contribution in [-0.4, -0.2) is 17.0 Å². The summed E-state index contributed by atoms with van der Waals surface area (Å²) in [6.07, 6.45) is -1.04. The number of rotatable bonds is 3. The van der Waals surface area contributed by atoms with Gasteiger partial charge in [0.05, 0.1) is 11.6 Å². The fraction of sp³-hybridized carbons (Fsp3) is 0.250. The van der Waals surface area contributed by atoms with Gasteiger partial charge in [0.2, 0.25) is 0 Å². The van der Waals surface area contributed by atoms with E-state index in [1.807, 2.05) is 0 Å². The highest BCUT2D eigenvalue weighted by molar-refractivity contribution is 5.29. The minimum Gasteiger partial charge on any atom is -0.347 e.